The van der Waals surface area contributed by atoms with Crippen molar-refractivity contribution in [1.29, 1.82) is 0 Å². The fourth-order valence-electron chi connectivity index (χ4n) is 3.74. The number of carbonyl (C=O) groups is 2. The molecule has 2 aliphatic rings. The van der Waals surface area contributed by atoms with Gasteiger partial charge in [-0.2, -0.15) is 5.10 Å². The predicted octanol–water partition coefficient (Wildman–Crippen LogP) is 3.88. The summed E-state index contributed by atoms with van der Waals surface area (Å²) in [6.45, 7) is 5.84. The number of fused-ring (bicyclic) bond motifs is 1. The zero-order chi connectivity index (χ0) is 20.1. The number of aromatic amines is 1. The lowest BCUT2D eigenvalue weighted by Gasteiger charge is -2.31. The third kappa shape index (κ3) is 3.02. The van der Waals surface area contributed by atoms with Crippen LogP contribution in [0.3, 0.4) is 0 Å². The van der Waals surface area contributed by atoms with E-state index in [0.717, 1.165) is 36.1 Å². The number of hydrogen-bond acceptors (Lipinski definition) is 3. The minimum Gasteiger partial charge on any atom is -0.309 e. The van der Waals surface area contributed by atoms with Gasteiger partial charge in [0.25, 0.3) is 0 Å². The third-order valence-corrected chi connectivity index (χ3v) is 5.80. The predicted molar refractivity (Wildman–Crippen MR) is 103 cm³/mol. The maximum atomic E-state index is 14.1. The van der Waals surface area contributed by atoms with Crippen LogP contribution >= 0.6 is 0 Å². The summed E-state index contributed by atoms with van der Waals surface area (Å²) in [6, 6.07) is 4.27. The normalized spacial score (nSPS) is 17.8. The molecule has 8 heteroatoms. The van der Waals surface area contributed by atoms with Gasteiger partial charge in [0.1, 0.15) is 5.82 Å². The fourth-order valence-corrected chi connectivity index (χ4v) is 3.74. The Bertz CT molecular complexity index is 948. The number of aromatic nitrogens is 2. The van der Waals surface area contributed by atoms with Gasteiger partial charge in [-0.25, -0.2) is 9.18 Å². The minimum absolute atomic E-state index is 0.0250. The SMILES string of the molecule is Cc1ccc(NC(=O)N2Cc3c(NC(=O)C4CCC4)n[nH]c3C2(C)C)c(F)c1. The van der Waals surface area contributed by atoms with Gasteiger partial charge in [0.15, 0.2) is 5.82 Å². The van der Waals surface area contributed by atoms with Gasteiger partial charge in [-0.3, -0.25) is 9.89 Å². The van der Waals surface area contributed by atoms with Gasteiger partial charge < -0.3 is 15.5 Å². The maximum absolute atomic E-state index is 14.1. The van der Waals surface area contributed by atoms with Crippen molar-refractivity contribution in [3.05, 3.63) is 40.8 Å². The quantitative estimate of drug-likeness (QED) is 0.749. The number of urea groups is 1. The first kappa shape index (κ1) is 18.5. The molecule has 0 bridgehead atoms. The number of nitrogens with one attached hydrogen (secondary N) is 3. The summed E-state index contributed by atoms with van der Waals surface area (Å²) in [5.41, 5.74) is 1.81. The van der Waals surface area contributed by atoms with Gasteiger partial charge in [0.2, 0.25) is 5.91 Å². The Labute approximate surface area is 162 Å². The zero-order valence-electron chi connectivity index (χ0n) is 16.2. The summed E-state index contributed by atoms with van der Waals surface area (Å²) in [6.07, 6.45) is 2.88. The van der Waals surface area contributed by atoms with E-state index in [4.69, 9.17) is 0 Å². The summed E-state index contributed by atoms with van der Waals surface area (Å²) in [7, 11) is 0. The molecule has 7 nitrogen and oxygen atoms in total. The molecule has 1 aliphatic heterocycles. The number of amides is 3. The van der Waals surface area contributed by atoms with Crippen LogP contribution in [0.25, 0.3) is 0 Å². The molecule has 3 amide bonds. The van der Waals surface area contributed by atoms with E-state index in [-0.39, 0.29) is 24.1 Å². The van der Waals surface area contributed by atoms with Crippen LogP contribution in [-0.4, -0.2) is 27.0 Å². The molecule has 1 aromatic heterocycles. The van der Waals surface area contributed by atoms with Gasteiger partial charge in [0.05, 0.1) is 23.5 Å². The molecular weight excluding hydrogens is 361 g/mol. The second-order valence-electron chi connectivity index (χ2n) is 8.10. The Morgan fingerprint density at radius 1 is 1.29 bits per heavy atom. The van der Waals surface area contributed by atoms with E-state index in [1.807, 2.05) is 13.8 Å². The first-order valence-electron chi connectivity index (χ1n) is 9.50. The number of carbonyl (C=O) groups excluding carboxylic acids is 2. The summed E-state index contributed by atoms with van der Waals surface area (Å²) in [4.78, 5) is 26.7. The van der Waals surface area contributed by atoms with Crippen molar-refractivity contribution in [2.45, 2.75) is 52.1 Å². The minimum atomic E-state index is -0.674. The van der Waals surface area contributed by atoms with E-state index in [0.29, 0.717) is 5.82 Å². The Morgan fingerprint density at radius 2 is 2.04 bits per heavy atom. The van der Waals surface area contributed by atoms with Crippen molar-refractivity contribution in [1.82, 2.24) is 15.1 Å². The lowest BCUT2D eigenvalue weighted by atomic mass is 9.85. The van der Waals surface area contributed by atoms with Crippen molar-refractivity contribution in [3.63, 3.8) is 0 Å². The highest BCUT2D eigenvalue weighted by Crippen LogP contribution is 2.41. The topological polar surface area (TPSA) is 90.1 Å². The molecule has 2 heterocycles. The lowest BCUT2D eigenvalue weighted by Crippen LogP contribution is -2.43. The number of anilines is 2. The Morgan fingerprint density at radius 3 is 2.68 bits per heavy atom. The van der Waals surface area contributed by atoms with Crippen molar-refractivity contribution in [2.24, 2.45) is 5.92 Å². The molecular formula is C20H24FN5O2. The Hall–Kier alpha value is -2.90. The number of benzene rings is 1. The van der Waals surface area contributed by atoms with Crippen LogP contribution in [0.4, 0.5) is 20.7 Å². The third-order valence-electron chi connectivity index (χ3n) is 5.80. The van der Waals surface area contributed by atoms with E-state index in [1.54, 1.807) is 24.0 Å². The highest BCUT2D eigenvalue weighted by atomic mass is 19.1. The van der Waals surface area contributed by atoms with E-state index >= 15 is 0 Å². The van der Waals surface area contributed by atoms with Gasteiger partial charge >= 0.3 is 6.03 Å². The second kappa shape index (κ2) is 6.61. The number of halogens is 1. The second-order valence-corrected chi connectivity index (χ2v) is 8.10. The first-order valence-corrected chi connectivity index (χ1v) is 9.50. The molecule has 0 spiro atoms. The van der Waals surface area contributed by atoms with E-state index in [1.165, 1.54) is 6.07 Å². The molecule has 0 atom stereocenters. The fraction of sp³-hybridized carbons (Fsp3) is 0.450. The highest BCUT2D eigenvalue weighted by Gasteiger charge is 2.44. The zero-order valence-corrected chi connectivity index (χ0v) is 16.2. The number of H-pyrrole nitrogens is 1. The van der Waals surface area contributed by atoms with Gasteiger partial charge in [-0.05, 0) is 51.3 Å². The van der Waals surface area contributed by atoms with Crippen LogP contribution in [0.5, 0.6) is 0 Å². The lowest BCUT2D eigenvalue weighted by molar-refractivity contribution is -0.122. The molecule has 2 aromatic rings. The van der Waals surface area contributed by atoms with E-state index in [9.17, 15) is 14.0 Å². The summed E-state index contributed by atoms with van der Waals surface area (Å²) in [5.74, 6) is 0.0180. The maximum Gasteiger partial charge on any atom is 0.323 e. The largest absolute Gasteiger partial charge is 0.323 e. The summed E-state index contributed by atoms with van der Waals surface area (Å²) >= 11 is 0. The number of rotatable bonds is 3. The molecule has 148 valence electrons. The highest BCUT2D eigenvalue weighted by molar-refractivity contribution is 5.94. The van der Waals surface area contributed by atoms with Crippen molar-refractivity contribution in [3.8, 4) is 0 Å². The van der Waals surface area contributed by atoms with E-state index in [2.05, 4.69) is 20.8 Å². The number of nitrogens with zero attached hydrogens (tertiary/aromatic N) is 2. The molecule has 0 radical (unpaired) electrons. The van der Waals surface area contributed by atoms with Crippen LogP contribution in [0.1, 0.15) is 49.9 Å². The Kier molecular flexibility index (Phi) is 4.36. The smallest absolute Gasteiger partial charge is 0.309 e. The van der Waals surface area contributed by atoms with Crippen LogP contribution in [0.2, 0.25) is 0 Å². The van der Waals surface area contributed by atoms with Crippen LogP contribution in [-0.2, 0) is 16.9 Å². The molecule has 28 heavy (non-hydrogen) atoms. The molecule has 1 fully saturated rings. The van der Waals surface area contributed by atoms with Crippen molar-refractivity contribution in [2.75, 3.05) is 10.6 Å². The Balaban J connectivity index is 1.52. The van der Waals surface area contributed by atoms with Crippen molar-refractivity contribution < 1.29 is 14.0 Å². The van der Waals surface area contributed by atoms with Gasteiger partial charge in [-0.15, -0.1) is 0 Å². The molecule has 0 saturated heterocycles. The molecule has 1 aromatic carbocycles. The average Bonchev–Trinajstić information content (AvgIpc) is 3.07. The van der Waals surface area contributed by atoms with Crippen LogP contribution in [0, 0.1) is 18.7 Å². The number of hydrogen-bond donors (Lipinski definition) is 3. The number of aryl methyl sites for hydroxylation is 1. The molecule has 3 N–H and O–H groups in total. The van der Waals surface area contributed by atoms with Crippen LogP contribution < -0.4 is 10.6 Å². The van der Waals surface area contributed by atoms with Crippen LogP contribution in [0.15, 0.2) is 18.2 Å². The van der Waals surface area contributed by atoms with Crippen molar-refractivity contribution >= 4 is 23.4 Å². The first-order chi connectivity index (χ1) is 13.3. The standard InChI is InChI=1S/C20H24FN5O2/c1-11-7-8-15(14(21)9-11)22-19(28)26-10-13-16(20(26,2)3)24-25-17(13)23-18(27)12-5-4-6-12/h7-9,12H,4-6,10H2,1-3H3,(H,22,28)(H2,23,24,25,27). The monoisotopic (exact) mass is 385 g/mol. The summed E-state index contributed by atoms with van der Waals surface area (Å²) < 4.78 is 14.1. The molecule has 1 saturated carbocycles. The molecule has 1 aliphatic carbocycles. The molecule has 0 unspecified atom stereocenters. The summed E-state index contributed by atoms with van der Waals surface area (Å²) in [5, 5.41) is 12.7. The molecule has 4 rings (SSSR count). The van der Waals surface area contributed by atoms with E-state index < -0.39 is 17.4 Å². The average molecular weight is 385 g/mol. The van der Waals surface area contributed by atoms with Gasteiger partial charge in [-0.1, -0.05) is 12.5 Å². The van der Waals surface area contributed by atoms with Gasteiger partial charge in [0, 0.05) is 11.5 Å².